The van der Waals surface area contributed by atoms with Gasteiger partial charge in [-0.1, -0.05) is 0 Å². The van der Waals surface area contributed by atoms with Crippen LogP contribution >= 0.6 is 0 Å². The first-order valence-corrected chi connectivity index (χ1v) is 22.3. The molecule has 0 spiro atoms. The molecular formula is C40H55Cl3Si2Ti. The van der Waals surface area contributed by atoms with Crippen LogP contribution in [0.2, 0.25) is 24.7 Å². The zero-order valence-corrected chi connectivity index (χ0v) is 36.7. The molecule has 2 atom stereocenters. The van der Waals surface area contributed by atoms with E-state index in [0.717, 1.165) is 0 Å². The summed E-state index contributed by atoms with van der Waals surface area (Å²) in [6.07, 6.45) is 0. The van der Waals surface area contributed by atoms with Gasteiger partial charge in [-0.3, -0.25) is 0 Å². The van der Waals surface area contributed by atoms with Gasteiger partial charge in [0.1, 0.15) is 0 Å². The number of rotatable bonds is 5. The summed E-state index contributed by atoms with van der Waals surface area (Å²) in [6.45, 7) is 36.1. The van der Waals surface area contributed by atoms with E-state index in [2.05, 4.69) is 184 Å². The number of hydrogen-bond acceptors (Lipinski definition) is 0. The van der Waals surface area contributed by atoms with Crippen molar-refractivity contribution in [1.29, 1.82) is 0 Å². The first-order chi connectivity index (χ1) is 19.6. The molecule has 3 aromatic rings. The Morgan fingerprint density at radius 1 is 0.565 bits per heavy atom. The predicted octanol–water partition coefficient (Wildman–Crippen LogP) is -0.143. The van der Waals surface area contributed by atoms with Crippen LogP contribution in [0.4, 0.5) is 0 Å². The molecule has 0 radical (unpaired) electrons. The van der Waals surface area contributed by atoms with Crippen molar-refractivity contribution in [2.45, 2.75) is 119 Å². The van der Waals surface area contributed by atoms with Crippen molar-refractivity contribution in [3.8, 4) is 0 Å². The molecule has 1 aliphatic rings. The van der Waals surface area contributed by atoms with Crippen LogP contribution in [-0.2, 0) is 31.3 Å². The molecule has 0 saturated heterocycles. The fraction of sp³-hybridized carbons (Fsp3) is 0.450. The van der Waals surface area contributed by atoms with Crippen molar-refractivity contribution >= 4 is 36.9 Å². The molecular weight excluding hydrogens is 691 g/mol. The molecule has 0 N–H and O–H groups in total. The van der Waals surface area contributed by atoms with Gasteiger partial charge in [-0.05, 0) is 0 Å². The van der Waals surface area contributed by atoms with E-state index in [0.29, 0.717) is 0 Å². The number of allylic oxidation sites excluding steroid dienone is 4. The van der Waals surface area contributed by atoms with Crippen molar-refractivity contribution in [3.63, 3.8) is 0 Å². The third kappa shape index (κ3) is 7.35. The van der Waals surface area contributed by atoms with Crippen molar-refractivity contribution in [1.82, 2.24) is 0 Å². The third-order valence-electron chi connectivity index (χ3n) is 10.4. The molecule has 1 aliphatic carbocycles. The summed E-state index contributed by atoms with van der Waals surface area (Å²) in [4.78, 5) is 0. The first kappa shape index (κ1) is 43.2. The fourth-order valence-corrected chi connectivity index (χ4v) is 16.5. The minimum atomic E-state index is -2.81. The van der Waals surface area contributed by atoms with Crippen LogP contribution in [0.3, 0.4) is 0 Å². The summed E-state index contributed by atoms with van der Waals surface area (Å²) in [5.41, 5.74) is 10.2. The van der Waals surface area contributed by atoms with Gasteiger partial charge in [0.05, 0.1) is 0 Å². The molecule has 0 aromatic heterocycles. The van der Waals surface area contributed by atoms with Crippen molar-refractivity contribution in [2.75, 3.05) is 0 Å². The SMILES string of the molecule is CC1=C(C)C(C)([Si](c2cc(C)cc(C)c2)(c2cc(C(C)(C)C)cc(C(C)(C)C)c2)c2cccc([Si](C)(C)C)c2)[C]([Ti+3])=C1C.[Cl-].[Cl-].[Cl-]. The third-order valence-corrected chi connectivity index (χ3v) is 19.8. The summed E-state index contributed by atoms with van der Waals surface area (Å²) in [7, 11) is -4.39. The van der Waals surface area contributed by atoms with Gasteiger partial charge in [0.2, 0.25) is 0 Å². The van der Waals surface area contributed by atoms with Gasteiger partial charge in [-0.25, -0.2) is 0 Å². The first-order valence-electron chi connectivity index (χ1n) is 16.0. The van der Waals surface area contributed by atoms with Gasteiger partial charge in [0.15, 0.2) is 0 Å². The average Bonchev–Trinajstić information content (AvgIpc) is 3.03. The Bertz CT molecular complexity index is 1570. The Morgan fingerprint density at radius 2 is 1.00 bits per heavy atom. The molecule has 248 valence electrons. The van der Waals surface area contributed by atoms with E-state index in [1.165, 1.54) is 38.6 Å². The molecule has 0 bridgehead atoms. The van der Waals surface area contributed by atoms with E-state index < -0.39 is 16.1 Å². The molecule has 2 unspecified atom stereocenters. The Kier molecular flexibility index (Phi) is 13.7. The van der Waals surface area contributed by atoms with Crippen molar-refractivity contribution in [2.24, 2.45) is 0 Å². The van der Waals surface area contributed by atoms with Crippen LogP contribution < -0.4 is 58.0 Å². The molecule has 0 nitrogen and oxygen atoms in total. The second-order valence-electron chi connectivity index (χ2n) is 16.6. The quantitative estimate of drug-likeness (QED) is 0.252. The molecule has 0 aliphatic heterocycles. The van der Waals surface area contributed by atoms with Crippen LogP contribution in [0.15, 0.2) is 81.3 Å². The van der Waals surface area contributed by atoms with Crippen LogP contribution in [0, 0.1) is 13.8 Å². The van der Waals surface area contributed by atoms with Gasteiger partial charge >= 0.3 is 279 Å². The van der Waals surface area contributed by atoms with Gasteiger partial charge in [-0.2, -0.15) is 0 Å². The zero-order valence-electron chi connectivity index (χ0n) is 30.9. The minimum absolute atomic E-state index is 0. The van der Waals surface area contributed by atoms with E-state index in [4.69, 9.17) is 0 Å². The zero-order chi connectivity index (χ0) is 32.5. The fourth-order valence-electron chi connectivity index (χ4n) is 7.36. The summed E-state index contributed by atoms with van der Waals surface area (Å²) < 4.78 is 1.55. The summed E-state index contributed by atoms with van der Waals surface area (Å²) in [6, 6.07) is 25.2. The molecule has 3 aromatic carbocycles. The number of benzene rings is 3. The maximum Gasteiger partial charge on any atom is -1.00 e. The standard InChI is InChI=1S/C40H55Si2.3ClH.Ti/c1-27-19-28(2)21-36(20-27)42(40(12)26-29(3)30(4)31(40)5,35-18-16-17-34(25-35)41(13,14)15)37-23-32(38(6,7)8)22-33(24-37)39(9,10)11;;;;/h16-25H,1-15H3;3*1H;/q;;;;+3/p-3. The van der Waals surface area contributed by atoms with Crippen molar-refractivity contribution < 1.29 is 57.7 Å². The molecule has 6 heteroatoms. The molecule has 0 saturated carbocycles. The smallest absolute Gasteiger partial charge is 1.00 e. The Balaban J connectivity index is 0.00000353. The summed E-state index contributed by atoms with van der Waals surface area (Å²) in [5.74, 6) is 0. The number of halogens is 3. The van der Waals surface area contributed by atoms with E-state index in [1.54, 1.807) is 25.0 Å². The number of hydrogen-bond donors (Lipinski definition) is 0. The minimum Gasteiger partial charge on any atom is -1.00 e. The Hall–Kier alpha value is -0.842. The van der Waals surface area contributed by atoms with Gasteiger partial charge in [0, 0.05) is 0 Å². The van der Waals surface area contributed by atoms with Crippen LogP contribution in [0.5, 0.6) is 0 Å². The van der Waals surface area contributed by atoms with E-state index >= 15 is 0 Å². The van der Waals surface area contributed by atoms with Gasteiger partial charge in [-0.15, -0.1) is 0 Å². The molecule has 0 heterocycles. The Labute approximate surface area is 314 Å². The van der Waals surface area contributed by atoms with Crippen LogP contribution in [0.1, 0.15) is 91.5 Å². The van der Waals surface area contributed by atoms with E-state index in [-0.39, 0.29) is 53.1 Å². The topological polar surface area (TPSA) is 0 Å². The predicted molar refractivity (Wildman–Crippen MR) is 193 cm³/mol. The van der Waals surface area contributed by atoms with E-state index in [9.17, 15) is 0 Å². The van der Waals surface area contributed by atoms with Crippen LogP contribution in [0.25, 0.3) is 0 Å². The monoisotopic (exact) mass is 744 g/mol. The average molecular weight is 746 g/mol. The normalized spacial score (nSPS) is 18.5. The Morgan fingerprint density at radius 3 is 1.39 bits per heavy atom. The van der Waals surface area contributed by atoms with Crippen LogP contribution in [-0.4, -0.2) is 16.1 Å². The van der Waals surface area contributed by atoms with Gasteiger partial charge in [0.25, 0.3) is 0 Å². The summed E-state index contributed by atoms with van der Waals surface area (Å²) >= 11 is 2.44. The molecule has 0 fully saturated rings. The molecule has 0 amide bonds. The van der Waals surface area contributed by atoms with Crippen molar-refractivity contribution in [3.05, 3.63) is 104 Å². The van der Waals surface area contributed by atoms with Gasteiger partial charge < -0.3 is 37.2 Å². The molecule has 4 rings (SSSR count). The maximum absolute atomic E-state index is 2.81. The van der Waals surface area contributed by atoms with E-state index in [1.807, 2.05) is 0 Å². The number of aryl methyl sites for hydroxylation is 2. The molecule has 46 heavy (non-hydrogen) atoms. The summed E-state index contributed by atoms with van der Waals surface area (Å²) in [5, 5.41) is 6.06. The largest absolute Gasteiger partial charge is 1.00 e. The second kappa shape index (κ2) is 14.6. The maximum atomic E-state index is 2.66. The second-order valence-corrected chi connectivity index (χ2v) is 26.7.